The number of carbonyl (C=O) groups is 2. The number of carbonyl (C=O) groups excluding carboxylic acids is 2. The zero-order valence-corrected chi connectivity index (χ0v) is 19.7. The molecule has 12 heteroatoms. The third kappa shape index (κ3) is 4.66. The van der Waals surface area contributed by atoms with E-state index in [1.54, 1.807) is 30.3 Å². The Balaban J connectivity index is 2.49. The highest BCUT2D eigenvalue weighted by atomic mass is 32.2. The lowest BCUT2D eigenvalue weighted by molar-refractivity contribution is 0.0549. The van der Waals surface area contributed by atoms with Crippen LogP contribution in [0, 0.1) is 0 Å². The highest BCUT2D eigenvalue weighted by molar-refractivity contribution is 7.91. The van der Waals surface area contributed by atoms with Crippen LogP contribution in [0.15, 0.2) is 58.3 Å². The van der Waals surface area contributed by atoms with Gasteiger partial charge in [0.1, 0.15) is 11.3 Å². The molecule has 0 aliphatic carbocycles. The lowest BCUT2D eigenvalue weighted by atomic mass is 10.1. The van der Waals surface area contributed by atoms with E-state index in [1.165, 1.54) is 12.1 Å². The summed E-state index contributed by atoms with van der Waals surface area (Å²) >= 11 is 0. The van der Waals surface area contributed by atoms with Crippen molar-refractivity contribution in [2.75, 3.05) is 26.7 Å². The fourth-order valence-electron chi connectivity index (χ4n) is 3.18. The van der Waals surface area contributed by atoms with Crippen molar-refractivity contribution in [1.82, 2.24) is 9.78 Å². The van der Waals surface area contributed by atoms with Gasteiger partial charge in [-0.15, -0.1) is 0 Å². The van der Waals surface area contributed by atoms with Gasteiger partial charge in [0.15, 0.2) is 25.4 Å². The summed E-state index contributed by atoms with van der Waals surface area (Å²) in [6.45, 7) is 0. The summed E-state index contributed by atoms with van der Waals surface area (Å²) in [5, 5.41) is 4.36. The Morgan fingerprint density at radius 2 is 1.45 bits per heavy atom. The predicted octanol–water partition coefficient (Wildman–Crippen LogP) is 1.92. The van der Waals surface area contributed by atoms with Crippen molar-refractivity contribution >= 4 is 31.6 Å². The second-order valence-corrected chi connectivity index (χ2v) is 11.0. The smallest absolute Gasteiger partial charge is 0.357 e. The minimum absolute atomic E-state index is 0.0786. The molecule has 10 nitrogen and oxygen atoms in total. The Morgan fingerprint density at radius 1 is 0.848 bits per heavy atom. The molecular formula is C21H20N2O8S2. The van der Waals surface area contributed by atoms with Gasteiger partial charge in [0.25, 0.3) is 0 Å². The Hall–Kier alpha value is -3.51. The van der Waals surface area contributed by atoms with Crippen LogP contribution in [0.2, 0.25) is 0 Å². The molecule has 174 valence electrons. The molecule has 3 rings (SSSR count). The summed E-state index contributed by atoms with van der Waals surface area (Å²) in [5.41, 5.74) is -0.484. The van der Waals surface area contributed by atoms with Crippen LogP contribution in [-0.4, -0.2) is 65.3 Å². The Bertz CT molecular complexity index is 1460. The van der Waals surface area contributed by atoms with Crippen LogP contribution in [0.1, 0.15) is 20.8 Å². The third-order valence-corrected chi connectivity index (χ3v) is 6.94. The van der Waals surface area contributed by atoms with E-state index in [0.717, 1.165) is 37.5 Å². The van der Waals surface area contributed by atoms with Crippen molar-refractivity contribution < 1.29 is 35.9 Å². The quantitative estimate of drug-likeness (QED) is 0.472. The minimum atomic E-state index is -3.99. The number of para-hydroxylation sites is 1. The molecule has 0 aliphatic heterocycles. The standard InChI is InChI=1S/C21H20N2O8S2/c1-30-20(24)17-18(15-11-10-14(32(3,26)27)12-16(15)33(4,28)29)22-23(19(17)21(25)31-2)13-8-6-5-7-9-13/h5-12H,1-4H3. The van der Waals surface area contributed by atoms with Gasteiger partial charge in [-0.1, -0.05) is 24.3 Å². The van der Waals surface area contributed by atoms with Crippen molar-refractivity contribution in [2.45, 2.75) is 9.79 Å². The number of aromatic nitrogens is 2. The molecule has 0 radical (unpaired) electrons. The molecule has 0 N–H and O–H groups in total. The lowest BCUT2D eigenvalue weighted by Crippen LogP contribution is -2.15. The van der Waals surface area contributed by atoms with Crippen LogP contribution in [0.25, 0.3) is 16.9 Å². The number of sulfone groups is 2. The van der Waals surface area contributed by atoms with Crippen molar-refractivity contribution in [2.24, 2.45) is 0 Å². The number of ether oxygens (including phenoxy) is 2. The van der Waals surface area contributed by atoms with Gasteiger partial charge in [0, 0.05) is 18.1 Å². The fourth-order valence-corrected chi connectivity index (χ4v) is 4.81. The molecule has 0 amide bonds. The first-order valence-electron chi connectivity index (χ1n) is 9.29. The second-order valence-electron chi connectivity index (χ2n) is 7.01. The van der Waals surface area contributed by atoms with Crippen LogP contribution in [0.3, 0.4) is 0 Å². The van der Waals surface area contributed by atoms with Crippen LogP contribution < -0.4 is 0 Å². The molecule has 0 unspecified atom stereocenters. The maximum absolute atomic E-state index is 12.8. The van der Waals surface area contributed by atoms with E-state index < -0.39 is 31.6 Å². The number of benzene rings is 2. The summed E-state index contributed by atoms with van der Waals surface area (Å²) in [5.74, 6) is -1.87. The summed E-state index contributed by atoms with van der Waals surface area (Å²) in [4.78, 5) is 24.8. The monoisotopic (exact) mass is 492 g/mol. The van der Waals surface area contributed by atoms with Crippen molar-refractivity contribution in [3.05, 3.63) is 59.8 Å². The van der Waals surface area contributed by atoms with E-state index in [9.17, 15) is 26.4 Å². The zero-order chi connectivity index (χ0) is 24.6. The number of esters is 2. The molecule has 0 fully saturated rings. The summed E-state index contributed by atoms with van der Waals surface area (Å²) < 4.78 is 60.0. The van der Waals surface area contributed by atoms with Gasteiger partial charge < -0.3 is 9.47 Å². The molecule has 1 heterocycles. The Kier molecular flexibility index (Phi) is 6.43. The van der Waals surface area contributed by atoms with Gasteiger partial charge in [-0.05, 0) is 24.3 Å². The van der Waals surface area contributed by atoms with Crippen molar-refractivity contribution in [3.63, 3.8) is 0 Å². The first-order valence-corrected chi connectivity index (χ1v) is 13.1. The van der Waals surface area contributed by atoms with E-state index in [-0.39, 0.29) is 32.3 Å². The van der Waals surface area contributed by atoms with E-state index >= 15 is 0 Å². The molecule has 2 aromatic carbocycles. The highest BCUT2D eigenvalue weighted by Gasteiger charge is 2.33. The van der Waals surface area contributed by atoms with Gasteiger partial charge in [-0.2, -0.15) is 5.10 Å². The largest absolute Gasteiger partial charge is 0.465 e. The van der Waals surface area contributed by atoms with E-state index in [1.807, 2.05) is 0 Å². The average Bonchev–Trinajstić information content (AvgIpc) is 3.17. The number of nitrogens with zero attached hydrogens (tertiary/aromatic N) is 2. The average molecular weight is 493 g/mol. The number of methoxy groups -OCH3 is 2. The van der Waals surface area contributed by atoms with E-state index in [2.05, 4.69) is 5.10 Å². The summed E-state index contributed by atoms with van der Waals surface area (Å²) in [6, 6.07) is 11.7. The molecule has 0 aliphatic rings. The highest BCUT2D eigenvalue weighted by Crippen LogP contribution is 2.34. The maximum Gasteiger partial charge on any atom is 0.357 e. The second kappa shape index (κ2) is 8.79. The first-order chi connectivity index (χ1) is 15.4. The van der Waals surface area contributed by atoms with Gasteiger partial charge in [0.05, 0.1) is 29.7 Å². The number of hydrogen-bond donors (Lipinski definition) is 0. The third-order valence-electron chi connectivity index (χ3n) is 4.69. The first kappa shape index (κ1) is 24.1. The van der Waals surface area contributed by atoms with Crippen LogP contribution in [0.4, 0.5) is 0 Å². The zero-order valence-electron chi connectivity index (χ0n) is 18.1. The van der Waals surface area contributed by atoms with Crippen molar-refractivity contribution in [1.29, 1.82) is 0 Å². The maximum atomic E-state index is 12.8. The SMILES string of the molecule is COC(=O)c1c(-c2ccc(S(C)(=O)=O)cc2S(C)(=O)=O)nn(-c2ccccc2)c1C(=O)OC. The minimum Gasteiger partial charge on any atom is -0.465 e. The van der Waals surface area contributed by atoms with Crippen LogP contribution >= 0.6 is 0 Å². The molecule has 0 bridgehead atoms. The summed E-state index contributed by atoms with van der Waals surface area (Å²) in [6.07, 6.45) is 1.83. The van der Waals surface area contributed by atoms with Gasteiger partial charge >= 0.3 is 11.9 Å². The van der Waals surface area contributed by atoms with Crippen molar-refractivity contribution in [3.8, 4) is 16.9 Å². The van der Waals surface area contributed by atoms with E-state index in [4.69, 9.17) is 9.47 Å². The van der Waals surface area contributed by atoms with Gasteiger partial charge in [-0.25, -0.2) is 31.1 Å². The molecule has 0 atom stereocenters. The van der Waals surface area contributed by atoms with Gasteiger partial charge in [-0.3, -0.25) is 0 Å². The number of hydrogen-bond acceptors (Lipinski definition) is 9. The Labute approximate surface area is 190 Å². The molecule has 1 aromatic heterocycles. The molecule has 33 heavy (non-hydrogen) atoms. The summed E-state index contributed by atoms with van der Waals surface area (Å²) in [7, 11) is -5.51. The molecular weight excluding hydrogens is 472 g/mol. The van der Waals surface area contributed by atoms with Gasteiger partial charge in [0.2, 0.25) is 0 Å². The van der Waals surface area contributed by atoms with E-state index in [0.29, 0.717) is 5.69 Å². The predicted molar refractivity (Wildman–Crippen MR) is 118 cm³/mol. The molecule has 3 aromatic rings. The molecule has 0 saturated carbocycles. The van der Waals surface area contributed by atoms with Crippen LogP contribution in [0.5, 0.6) is 0 Å². The molecule has 0 saturated heterocycles. The normalized spacial score (nSPS) is 11.8. The molecule has 0 spiro atoms. The Morgan fingerprint density at radius 3 is 1.97 bits per heavy atom. The fraction of sp³-hybridized carbons (Fsp3) is 0.190. The number of rotatable bonds is 6. The lowest BCUT2D eigenvalue weighted by Gasteiger charge is -2.10. The van der Waals surface area contributed by atoms with Crippen LogP contribution in [-0.2, 0) is 29.1 Å². The topological polar surface area (TPSA) is 139 Å².